The Bertz CT molecular complexity index is 982. The molecule has 0 bridgehead atoms. The summed E-state index contributed by atoms with van der Waals surface area (Å²) < 4.78 is 7.20. The van der Waals surface area contributed by atoms with E-state index in [-0.39, 0.29) is 5.91 Å². The van der Waals surface area contributed by atoms with Gasteiger partial charge in [-0.05, 0) is 52.7 Å². The van der Waals surface area contributed by atoms with Crippen LogP contribution >= 0.6 is 39.9 Å². The minimum Gasteiger partial charge on any atom is -0.488 e. The maximum atomic E-state index is 12.3. The van der Waals surface area contributed by atoms with Crippen LogP contribution in [0.4, 0.5) is 0 Å². The van der Waals surface area contributed by atoms with E-state index in [4.69, 9.17) is 22.2 Å². The zero-order valence-electron chi connectivity index (χ0n) is 14.4. The van der Waals surface area contributed by atoms with Gasteiger partial charge in [0.05, 0.1) is 21.0 Å². The Morgan fingerprint density at radius 2 is 2.11 bits per heavy atom. The molecule has 0 spiro atoms. The van der Waals surface area contributed by atoms with E-state index in [0.29, 0.717) is 33.7 Å². The second-order valence-electron chi connectivity index (χ2n) is 5.67. The van der Waals surface area contributed by atoms with Gasteiger partial charge >= 0.3 is 0 Å². The molecule has 2 aromatic carbocycles. The number of nitriles is 1. The van der Waals surface area contributed by atoms with Crippen molar-refractivity contribution in [2.45, 2.75) is 13.5 Å². The van der Waals surface area contributed by atoms with E-state index in [1.165, 1.54) is 11.8 Å². The molecule has 0 aliphatic carbocycles. The second kappa shape index (κ2) is 8.70. The quantitative estimate of drug-likeness (QED) is 0.459. The molecule has 1 aliphatic heterocycles. The summed E-state index contributed by atoms with van der Waals surface area (Å²) in [5.74, 6) is 0.609. The molecule has 0 unspecified atom stereocenters. The van der Waals surface area contributed by atoms with Crippen molar-refractivity contribution in [1.29, 1.82) is 5.26 Å². The fraction of sp³-hybridized carbons (Fsp3) is 0.150. The predicted molar refractivity (Wildman–Crippen MR) is 115 cm³/mol. The van der Waals surface area contributed by atoms with Crippen LogP contribution in [0.25, 0.3) is 6.08 Å². The molecule has 3 rings (SSSR count). The highest BCUT2D eigenvalue weighted by atomic mass is 79.9. The van der Waals surface area contributed by atoms with Crippen molar-refractivity contribution in [3.05, 3.63) is 68.5 Å². The van der Waals surface area contributed by atoms with Crippen molar-refractivity contribution in [3.8, 4) is 11.8 Å². The van der Waals surface area contributed by atoms with Gasteiger partial charge in [-0.3, -0.25) is 9.69 Å². The third kappa shape index (κ3) is 4.41. The molecule has 0 saturated carbocycles. The van der Waals surface area contributed by atoms with E-state index in [2.05, 4.69) is 22.0 Å². The summed E-state index contributed by atoms with van der Waals surface area (Å²) in [5, 5.41) is 9.16. The number of carbonyl (C=O) groups excluding carboxylic acids is 1. The number of halogens is 1. The van der Waals surface area contributed by atoms with Gasteiger partial charge in [0.25, 0.3) is 5.91 Å². The molecule has 1 amide bonds. The molecule has 27 heavy (non-hydrogen) atoms. The molecule has 1 heterocycles. The summed E-state index contributed by atoms with van der Waals surface area (Å²) in [5.41, 5.74) is 2.31. The summed E-state index contributed by atoms with van der Waals surface area (Å²) >= 11 is 10.1. The van der Waals surface area contributed by atoms with Crippen LogP contribution in [-0.4, -0.2) is 21.7 Å². The highest BCUT2D eigenvalue weighted by molar-refractivity contribution is 9.10. The number of benzene rings is 2. The van der Waals surface area contributed by atoms with Crippen molar-refractivity contribution in [3.63, 3.8) is 0 Å². The largest absolute Gasteiger partial charge is 0.488 e. The lowest BCUT2D eigenvalue weighted by atomic mass is 10.1. The zero-order chi connectivity index (χ0) is 19.4. The van der Waals surface area contributed by atoms with Gasteiger partial charge < -0.3 is 4.74 Å². The lowest BCUT2D eigenvalue weighted by Gasteiger charge is -2.10. The van der Waals surface area contributed by atoms with Crippen LogP contribution in [0.5, 0.6) is 5.75 Å². The number of nitrogens with zero attached hydrogens (tertiary/aromatic N) is 2. The van der Waals surface area contributed by atoms with Crippen LogP contribution < -0.4 is 4.74 Å². The van der Waals surface area contributed by atoms with Crippen LogP contribution in [-0.2, 0) is 11.4 Å². The monoisotopic (exact) mass is 458 g/mol. The first-order valence-corrected chi connectivity index (χ1v) is 10.2. The first kappa shape index (κ1) is 19.6. The molecule has 7 heteroatoms. The minimum absolute atomic E-state index is 0.0583. The smallest absolute Gasteiger partial charge is 0.266 e. The van der Waals surface area contributed by atoms with Crippen LogP contribution in [0.15, 0.2) is 51.8 Å². The van der Waals surface area contributed by atoms with Gasteiger partial charge in [0.1, 0.15) is 16.7 Å². The Kier molecular flexibility index (Phi) is 6.32. The van der Waals surface area contributed by atoms with Crippen molar-refractivity contribution in [1.82, 2.24) is 4.90 Å². The van der Waals surface area contributed by atoms with Gasteiger partial charge in [-0.25, -0.2) is 0 Å². The molecule has 2 aromatic rings. The summed E-state index contributed by atoms with van der Waals surface area (Å²) in [7, 11) is 0. The normalized spacial score (nSPS) is 15.3. The third-order valence-electron chi connectivity index (χ3n) is 3.96. The number of carbonyl (C=O) groups is 1. The molecule has 1 aliphatic rings. The SMILES string of the molecule is CCN1C(=O)C(=Cc2ccc(OCc3ccccc3C#N)c(Br)c2)SC1=S. The molecular weight excluding hydrogens is 444 g/mol. The molecule has 0 aromatic heterocycles. The Morgan fingerprint density at radius 1 is 1.33 bits per heavy atom. The number of amides is 1. The number of rotatable bonds is 5. The molecule has 136 valence electrons. The second-order valence-corrected chi connectivity index (χ2v) is 8.20. The van der Waals surface area contributed by atoms with Crippen molar-refractivity contribution in [2.75, 3.05) is 6.54 Å². The third-order valence-corrected chi connectivity index (χ3v) is 5.96. The Labute approximate surface area is 175 Å². The van der Waals surface area contributed by atoms with Crippen LogP contribution in [0, 0.1) is 11.3 Å². The Balaban J connectivity index is 1.75. The Hall–Kier alpha value is -2.14. The number of likely N-dealkylation sites (N-methyl/N-ethyl adjacent to an activating group) is 1. The van der Waals surface area contributed by atoms with Crippen LogP contribution in [0.2, 0.25) is 0 Å². The molecule has 4 nitrogen and oxygen atoms in total. The number of hydrogen-bond acceptors (Lipinski definition) is 5. The topological polar surface area (TPSA) is 53.3 Å². The standard InChI is InChI=1S/C20H15BrN2O2S2/c1-2-23-19(24)18(27-20(23)26)10-13-7-8-17(16(21)9-13)25-12-15-6-4-3-5-14(15)11-22/h3-10H,2,12H2,1H3. The fourth-order valence-corrected chi connectivity index (χ4v) is 4.45. The van der Waals surface area contributed by atoms with Crippen molar-refractivity contribution >= 4 is 56.2 Å². The van der Waals surface area contributed by atoms with Crippen LogP contribution in [0.3, 0.4) is 0 Å². The summed E-state index contributed by atoms with van der Waals surface area (Å²) in [6.45, 7) is 2.78. The van der Waals surface area contributed by atoms with E-state index in [1.807, 2.05) is 49.4 Å². The van der Waals surface area contributed by atoms with Gasteiger partial charge in [0.15, 0.2) is 0 Å². The lowest BCUT2D eigenvalue weighted by molar-refractivity contribution is -0.121. The first-order chi connectivity index (χ1) is 13.0. The average molecular weight is 459 g/mol. The minimum atomic E-state index is -0.0583. The van der Waals surface area contributed by atoms with Crippen molar-refractivity contribution in [2.24, 2.45) is 0 Å². The van der Waals surface area contributed by atoms with E-state index in [1.54, 1.807) is 11.0 Å². The maximum absolute atomic E-state index is 12.3. The maximum Gasteiger partial charge on any atom is 0.266 e. The fourth-order valence-electron chi connectivity index (χ4n) is 2.56. The number of hydrogen-bond donors (Lipinski definition) is 0. The van der Waals surface area contributed by atoms with Gasteiger partial charge in [-0.1, -0.05) is 48.2 Å². The summed E-state index contributed by atoms with van der Waals surface area (Å²) in [6, 6.07) is 15.1. The van der Waals surface area contributed by atoms with Crippen molar-refractivity contribution < 1.29 is 9.53 Å². The van der Waals surface area contributed by atoms with E-state index >= 15 is 0 Å². The molecule has 1 fully saturated rings. The molecule has 0 radical (unpaired) electrons. The van der Waals surface area contributed by atoms with E-state index < -0.39 is 0 Å². The summed E-state index contributed by atoms with van der Waals surface area (Å²) in [6.07, 6.45) is 1.83. The van der Waals surface area contributed by atoms with E-state index in [0.717, 1.165) is 15.6 Å². The number of thiocarbonyl (C=S) groups is 1. The van der Waals surface area contributed by atoms with Gasteiger partial charge in [0.2, 0.25) is 0 Å². The highest BCUT2D eigenvalue weighted by Gasteiger charge is 2.30. The highest BCUT2D eigenvalue weighted by Crippen LogP contribution is 2.34. The predicted octanol–water partition coefficient (Wildman–Crippen LogP) is 5.12. The average Bonchev–Trinajstić information content (AvgIpc) is 2.94. The van der Waals surface area contributed by atoms with Gasteiger partial charge in [-0.15, -0.1) is 0 Å². The zero-order valence-corrected chi connectivity index (χ0v) is 17.7. The van der Waals surface area contributed by atoms with Gasteiger partial charge in [-0.2, -0.15) is 5.26 Å². The lowest BCUT2D eigenvalue weighted by Crippen LogP contribution is -2.27. The molecule has 0 atom stereocenters. The van der Waals surface area contributed by atoms with Gasteiger partial charge in [0, 0.05) is 12.1 Å². The first-order valence-electron chi connectivity index (χ1n) is 8.19. The Morgan fingerprint density at radius 3 is 2.78 bits per heavy atom. The molecular formula is C20H15BrN2O2S2. The molecule has 0 N–H and O–H groups in total. The summed E-state index contributed by atoms with van der Waals surface area (Å²) in [4.78, 5) is 14.5. The molecule has 1 saturated heterocycles. The van der Waals surface area contributed by atoms with Crippen LogP contribution in [0.1, 0.15) is 23.6 Å². The number of ether oxygens (including phenoxy) is 1. The van der Waals surface area contributed by atoms with E-state index in [9.17, 15) is 4.79 Å². The number of thioether (sulfide) groups is 1.